The van der Waals surface area contributed by atoms with Gasteiger partial charge in [-0.05, 0) is 37.7 Å². The monoisotopic (exact) mass is 389 g/mol. The van der Waals surface area contributed by atoms with Crippen molar-refractivity contribution in [3.8, 4) is 11.4 Å². The summed E-state index contributed by atoms with van der Waals surface area (Å²) in [6.45, 7) is 5.87. The normalized spacial score (nSPS) is 15.5. The number of pyridine rings is 1. The first-order valence-electron chi connectivity index (χ1n) is 9.76. The van der Waals surface area contributed by atoms with Crippen LogP contribution in [0.4, 0.5) is 5.69 Å². The van der Waals surface area contributed by atoms with Crippen LogP contribution in [0.1, 0.15) is 5.56 Å². The number of aryl methyl sites for hydroxylation is 2. The van der Waals surface area contributed by atoms with E-state index in [0.29, 0.717) is 16.9 Å². The highest BCUT2D eigenvalue weighted by Crippen LogP contribution is 2.25. The van der Waals surface area contributed by atoms with Gasteiger partial charge in [-0.2, -0.15) is 5.10 Å². The van der Waals surface area contributed by atoms with Crippen LogP contribution < -0.4 is 10.5 Å². The number of anilines is 1. The molecule has 8 heteroatoms. The van der Waals surface area contributed by atoms with E-state index in [0.717, 1.165) is 53.9 Å². The number of likely N-dealkylation sites (N-methyl/N-ethyl adjacent to an activating group) is 1. The van der Waals surface area contributed by atoms with Gasteiger partial charge in [0.05, 0.1) is 22.8 Å². The zero-order chi connectivity index (χ0) is 20.1. The number of nitrogens with one attached hydrogen (secondary N) is 1. The summed E-state index contributed by atoms with van der Waals surface area (Å²) in [4.78, 5) is 29.5. The van der Waals surface area contributed by atoms with E-state index in [9.17, 15) is 4.79 Å². The molecule has 0 unspecified atom stereocenters. The van der Waals surface area contributed by atoms with Crippen molar-refractivity contribution < 1.29 is 0 Å². The first-order chi connectivity index (χ1) is 14.0. The number of hydrogen-bond donors (Lipinski definition) is 1. The van der Waals surface area contributed by atoms with Crippen LogP contribution in [-0.4, -0.2) is 62.9 Å². The van der Waals surface area contributed by atoms with Crippen molar-refractivity contribution in [1.29, 1.82) is 0 Å². The molecular weight excluding hydrogens is 366 g/mol. The van der Waals surface area contributed by atoms with Crippen molar-refractivity contribution in [2.24, 2.45) is 7.05 Å². The molecule has 0 saturated carbocycles. The fourth-order valence-corrected chi connectivity index (χ4v) is 3.95. The predicted molar refractivity (Wildman–Crippen MR) is 114 cm³/mol. The lowest BCUT2D eigenvalue weighted by molar-refractivity contribution is 0.313. The standard InChI is InChI=1S/C21H23N7O/c1-13-8-14(9-15-12-27(3)25-18(13)15)19-23-20-17(21(29)24-19)10-16(11-22-20)28-6-4-26(2)5-7-28/h8-12H,4-7H2,1-3H3,(H,22,23,24,29). The zero-order valence-electron chi connectivity index (χ0n) is 16.8. The Morgan fingerprint density at radius 3 is 2.66 bits per heavy atom. The van der Waals surface area contributed by atoms with Crippen molar-refractivity contribution in [3.05, 3.63) is 46.5 Å². The SMILES string of the molecule is Cc1cc(-c2nc3ncc(N4CCN(C)CC4)cc3c(=O)[nH]2)cc2cn(C)nc12. The van der Waals surface area contributed by atoms with E-state index >= 15 is 0 Å². The quantitative estimate of drug-likeness (QED) is 0.564. The molecule has 29 heavy (non-hydrogen) atoms. The van der Waals surface area contributed by atoms with Crippen molar-refractivity contribution in [2.75, 3.05) is 38.1 Å². The van der Waals surface area contributed by atoms with Crippen molar-refractivity contribution in [1.82, 2.24) is 29.6 Å². The van der Waals surface area contributed by atoms with Gasteiger partial charge in [0.1, 0.15) is 5.82 Å². The Morgan fingerprint density at radius 2 is 1.86 bits per heavy atom. The Labute approximate surface area is 167 Å². The fraction of sp³-hybridized carbons (Fsp3) is 0.333. The topological polar surface area (TPSA) is 82.9 Å². The molecule has 8 nitrogen and oxygen atoms in total. The molecule has 0 radical (unpaired) electrons. The summed E-state index contributed by atoms with van der Waals surface area (Å²) in [5, 5.41) is 6.01. The van der Waals surface area contributed by atoms with Crippen LogP contribution in [0, 0.1) is 6.92 Å². The second-order valence-corrected chi connectivity index (χ2v) is 7.80. The van der Waals surface area contributed by atoms with Gasteiger partial charge in [-0.15, -0.1) is 0 Å². The molecule has 4 aromatic rings. The van der Waals surface area contributed by atoms with Gasteiger partial charge in [0.25, 0.3) is 5.56 Å². The first kappa shape index (κ1) is 17.8. The lowest BCUT2D eigenvalue weighted by atomic mass is 10.1. The zero-order valence-corrected chi connectivity index (χ0v) is 16.8. The summed E-state index contributed by atoms with van der Waals surface area (Å²) in [5.41, 5.74) is 4.11. The minimum atomic E-state index is -0.169. The number of fused-ring (bicyclic) bond motifs is 2. The Bertz CT molecular complexity index is 1280. The second kappa shape index (κ2) is 6.66. The highest BCUT2D eigenvalue weighted by atomic mass is 16.1. The number of aromatic amines is 1. The number of nitrogens with zero attached hydrogens (tertiary/aromatic N) is 6. The summed E-state index contributed by atoms with van der Waals surface area (Å²) < 4.78 is 1.79. The Hall–Kier alpha value is -3.26. The number of H-pyrrole nitrogens is 1. The summed E-state index contributed by atoms with van der Waals surface area (Å²) in [6, 6.07) is 5.90. The summed E-state index contributed by atoms with van der Waals surface area (Å²) in [6.07, 6.45) is 3.78. The molecule has 1 aromatic carbocycles. The molecule has 0 spiro atoms. The van der Waals surface area contributed by atoms with E-state index < -0.39 is 0 Å². The minimum absolute atomic E-state index is 0.169. The smallest absolute Gasteiger partial charge is 0.260 e. The van der Waals surface area contributed by atoms with Gasteiger partial charge >= 0.3 is 0 Å². The van der Waals surface area contributed by atoms with E-state index in [2.05, 4.69) is 36.9 Å². The van der Waals surface area contributed by atoms with Crippen LogP contribution in [0.15, 0.2) is 35.4 Å². The van der Waals surface area contributed by atoms with Crippen LogP contribution in [0.25, 0.3) is 33.3 Å². The average Bonchev–Trinajstić information content (AvgIpc) is 3.09. The van der Waals surface area contributed by atoms with Gasteiger partial charge in [-0.1, -0.05) is 0 Å². The molecule has 0 atom stereocenters. The van der Waals surface area contributed by atoms with Gasteiger partial charge in [-0.3, -0.25) is 9.48 Å². The maximum Gasteiger partial charge on any atom is 0.260 e. The molecule has 0 bridgehead atoms. The number of piperazine rings is 1. The Kier molecular flexibility index (Phi) is 4.09. The fourth-order valence-electron chi connectivity index (χ4n) is 3.95. The van der Waals surface area contributed by atoms with Crippen molar-refractivity contribution in [2.45, 2.75) is 6.92 Å². The van der Waals surface area contributed by atoms with Gasteiger partial charge in [0.2, 0.25) is 0 Å². The third-order valence-corrected chi connectivity index (χ3v) is 5.60. The van der Waals surface area contributed by atoms with Crippen LogP contribution in [0.5, 0.6) is 0 Å². The molecule has 1 N–H and O–H groups in total. The van der Waals surface area contributed by atoms with Crippen LogP contribution in [0.3, 0.4) is 0 Å². The molecule has 1 aliphatic heterocycles. The molecule has 3 aromatic heterocycles. The van der Waals surface area contributed by atoms with Crippen molar-refractivity contribution >= 4 is 27.6 Å². The third-order valence-electron chi connectivity index (χ3n) is 5.60. The van der Waals surface area contributed by atoms with E-state index in [1.807, 2.05) is 44.6 Å². The number of hydrogen-bond acceptors (Lipinski definition) is 6. The lowest BCUT2D eigenvalue weighted by Gasteiger charge is -2.33. The van der Waals surface area contributed by atoms with E-state index in [4.69, 9.17) is 0 Å². The molecular formula is C21H23N7O. The number of aromatic nitrogens is 5. The van der Waals surface area contributed by atoms with E-state index in [1.165, 1.54) is 0 Å². The second-order valence-electron chi connectivity index (χ2n) is 7.80. The largest absolute Gasteiger partial charge is 0.368 e. The van der Waals surface area contributed by atoms with Gasteiger partial charge in [-0.25, -0.2) is 9.97 Å². The first-order valence-corrected chi connectivity index (χ1v) is 9.76. The minimum Gasteiger partial charge on any atom is -0.368 e. The summed E-state index contributed by atoms with van der Waals surface area (Å²) in [5.74, 6) is 0.524. The third kappa shape index (κ3) is 3.15. The summed E-state index contributed by atoms with van der Waals surface area (Å²) in [7, 11) is 4.02. The highest BCUT2D eigenvalue weighted by molar-refractivity contribution is 5.87. The van der Waals surface area contributed by atoms with E-state index in [1.54, 1.807) is 4.68 Å². The predicted octanol–water partition coefficient (Wildman–Crippen LogP) is 1.93. The molecule has 0 aliphatic carbocycles. The summed E-state index contributed by atoms with van der Waals surface area (Å²) >= 11 is 0. The van der Waals surface area contributed by atoms with Gasteiger partial charge < -0.3 is 14.8 Å². The molecule has 148 valence electrons. The molecule has 1 fully saturated rings. The van der Waals surface area contributed by atoms with Crippen LogP contribution in [-0.2, 0) is 7.05 Å². The molecule has 1 saturated heterocycles. The average molecular weight is 389 g/mol. The maximum absolute atomic E-state index is 12.8. The van der Waals surface area contributed by atoms with Gasteiger partial charge in [0.15, 0.2) is 5.65 Å². The van der Waals surface area contributed by atoms with Crippen molar-refractivity contribution in [3.63, 3.8) is 0 Å². The van der Waals surface area contributed by atoms with Gasteiger partial charge in [0, 0.05) is 50.4 Å². The lowest BCUT2D eigenvalue weighted by Crippen LogP contribution is -2.44. The number of rotatable bonds is 2. The van der Waals surface area contributed by atoms with Crippen LogP contribution in [0.2, 0.25) is 0 Å². The Morgan fingerprint density at radius 1 is 1.07 bits per heavy atom. The number of benzene rings is 1. The molecule has 1 aliphatic rings. The molecule has 4 heterocycles. The highest BCUT2D eigenvalue weighted by Gasteiger charge is 2.17. The maximum atomic E-state index is 12.8. The molecule has 0 amide bonds. The van der Waals surface area contributed by atoms with E-state index in [-0.39, 0.29) is 5.56 Å². The molecule has 5 rings (SSSR count). The Balaban J connectivity index is 1.57. The van der Waals surface area contributed by atoms with Crippen LogP contribution >= 0.6 is 0 Å².